The highest BCUT2D eigenvalue weighted by molar-refractivity contribution is 7.92. The first-order chi connectivity index (χ1) is 12.5. The van der Waals surface area contributed by atoms with Crippen molar-refractivity contribution in [3.8, 4) is 11.1 Å². The van der Waals surface area contributed by atoms with Crippen molar-refractivity contribution < 1.29 is 8.42 Å². The molecule has 0 amide bonds. The van der Waals surface area contributed by atoms with E-state index in [0.717, 1.165) is 28.1 Å². The monoisotopic (exact) mass is 387 g/mol. The first kappa shape index (κ1) is 18.6. The molecule has 2 heterocycles. The molecule has 0 fully saturated rings. The Labute approximate surface area is 158 Å². The second-order valence-corrected chi connectivity index (χ2v) is 8.36. The number of hydrogen-bond donors (Lipinski definition) is 1. The Morgan fingerprint density at radius 3 is 2.65 bits per heavy atom. The maximum absolute atomic E-state index is 12.1. The Balaban J connectivity index is 1.63. The molecule has 0 radical (unpaired) electrons. The molecule has 3 aromatic rings. The van der Waals surface area contributed by atoms with E-state index in [-0.39, 0.29) is 6.54 Å². The molecule has 26 heavy (non-hydrogen) atoms. The maximum Gasteiger partial charge on any atom is 0.233 e. The highest BCUT2D eigenvalue weighted by atomic mass is 32.2. The Kier molecular flexibility index (Phi) is 5.70. The van der Waals surface area contributed by atoms with Crippen LogP contribution in [0.2, 0.25) is 0 Å². The molecule has 0 aliphatic carbocycles. The van der Waals surface area contributed by atoms with Gasteiger partial charge in [-0.15, -0.1) is 0 Å². The van der Waals surface area contributed by atoms with Crippen LogP contribution in [0.15, 0.2) is 52.6 Å². The van der Waals surface area contributed by atoms with Crippen LogP contribution in [0.4, 0.5) is 0 Å². The molecule has 2 aromatic heterocycles. The lowest BCUT2D eigenvalue weighted by Crippen LogP contribution is -2.26. The van der Waals surface area contributed by atoms with E-state index in [4.69, 9.17) is 0 Å². The number of aryl methyl sites for hydroxylation is 1. The molecule has 0 spiro atoms. The van der Waals surface area contributed by atoms with E-state index in [1.165, 1.54) is 5.41 Å². The minimum atomic E-state index is -3.48. The largest absolute Gasteiger partial charge is 0.268 e. The summed E-state index contributed by atoms with van der Waals surface area (Å²) in [6.45, 7) is 4.75. The standard InChI is InChI=1S/C19H21N3O2S2/c1-15-19(18-8-12-25-14-18)16(2)22(21-15)11-10-20-26(23,24)13-9-17-6-4-3-5-7-17/h3-9,12-14,20H,10-11H2,1-2H3/b13-9+. The van der Waals surface area contributed by atoms with Crippen molar-refractivity contribution in [1.82, 2.24) is 14.5 Å². The summed E-state index contributed by atoms with van der Waals surface area (Å²) in [7, 11) is -3.48. The van der Waals surface area contributed by atoms with E-state index in [0.29, 0.717) is 6.54 Å². The summed E-state index contributed by atoms with van der Waals surface area (Å²) in [5.41, 5.74) is 5.12. The minimum Gasteiger partial charge on any atom is -0.268 e. The fourth-order valence-corrected chi connectivity index (χ4v) is 4.27. The quantitative estimate of drug-likeness (QED) is 0.670. The van der Waals surface area contributed by atoms with Gasteiger partial charge in [-0.3, -0.25) is 4.68 Å². The van der Waals surface area contributed by atoms with Gasteiger partial charge in [0.05, 0.1) is 12.2 Å². The molecule has 1 N–H and O–H groups in total. The highest BCUT2D eigenvalue weighted by Gasteiger charge is 2.14. The van der Waals surface area contributed by atoms with Gasteiger partial charge >= 0.3 is 0 Å². The fourth-order valence-electron chi connectivity index (χ4n) is 2.81. The molecule has 0 aliphatic rings. The van der Waals surface area contributed by atoms with Gasteiger partial charge in [0.1, 0.15) is 0 Å². The molecule has 0 aliphatic heterocycles. The second kappa shape index (κ2) is 7.99. The van der Waals surface area contributed by atoms with Crippen molar-refractivity contribution in [2.24, 2.45) is 0 Å². The third-order valence-corrected chi connectivity index (χ3v) is 5.84. The van der Waals surface area contributed by atoms with E-state index in [9.17, 15) is 8.42 Å². The lowest BCUT2D eigenvalue weighted by atomic mass is 10.1. The summed E-state index contributed by atoms with van der Waals surface area (Å²) < 4.78 is 28.7. The van der Waals surface area contributed by atoms with Crippen LogP contribution in [0.25, 0.3) is 17.2 Å². The number of sulfonamides is 1. The molecule has 7 heteroatoms. The van der Waals surface area contributed by atoms with Crippen LogP contribution < -0.4 is 4.72 Å². The summed E-state index contributed by atoms with van der Waals surface area (Å²) in [6.07, 6.45) is 1.58. The van der Waals surface area contributed by atoms with Gasteiger partial charge in [-0.1, -0.05) is 30.3 Å². The third-order valence-electron chi connectivity index (χ3n) is 4.06. The number of benzene rings is 1. The zero-order chi connectivity index (χ0) is 18.6. The van der Waals surface area contributed by atoms with Crippen LogP contribution in [0.1, 0.15) is 17.0 Å². The molecular weight excluding hydrogens is 366 g/mol. The Bertz CT molecular complexity index is 989. The van der Waals surface area contributed by atoms with Crippen LogP contribution in [0.5, 0.6) is 0 Å². The first-order valence-electron chi connectivity index (χ1n) is 8.25. The average molecular weight is 388 g/mol. The predicted molar refractivity (Wildman–Crippen MR) is 107 cm³/mol. The van der Waals surface area contributed by atoms with E-state index >= 15 is 0 Å². The van der Waals surface area contributed by atoms with Gasteiger partial charge in [0.15, 0.2) is 0 Å². The average Bonchev–Trinajstić information content (AvgIpc) is 3.22. The topological polar surface area (TPSA) is 64.0 Å². The summed E-state index contributed by atoms with van der Waals surface area (Å²) in [5.74, 6) is 0. The number of rotatable bonds is 7. The molecule has 0 atom stereocenters. The minimum absolute atomic E-state index is 0.284. The molecule has 0 saturated carbocycles. The van der Waals surface area contributed by atoms with Crippen molar-refractivity contribution in [2.75, 3.05) is 6.54 Å². The normalized spacial score (nSPS) is 12.1. The van der Waals surface area contributed by atoms with Gasteiger partial charge in [-0.05, 0) is 47.9 Å². The number of nitrogens with zero attached hydrogens (tertiary/aromatic N) is 2. The number of hydrogen-bond acceptors (Lipinski definition) is 4. The van der Waals surface area contributed by atoms with Crippen LogP contribution in [0, 0.1) is 13.8 Å². The third kappa shape index (κ3) is 4.49. The summed E-state index contributed by atoms with van der Waals surface area (Å²) >= 11 is 1.65. The zero-order valence-corrected chi connectivity index (χ0v) is 16.3. The van der Waals surface area contributed by atoms with E-state index in [1.807, 2.05) is 54.2 Å². The number of aromatic nitrogens is 2. The van der Waals surface area contributed by atoms with E-state index in [2.05, 4.69) is 21.3 Å². The van der Waals surface area contributed by atoms with Crippen LogP contribution in [0.3, 0.4) is 0 Å². The highest BCUT2D eigenvalue weighted by Crippen LogP contribution is 2.28. The Morgan fingerprint density at radius 1 is 1.19 bits per heavy atom. The molecule has 136 valence electrons. The maximum atomic E-state index is 12.1. The van der Waals surface area contributed by atoms with E-state index < -0.39 is 10.0 Å². The molecule has 0 bridgehead atoms. The van der Waals surface area contributed by atoms with Crippen molar-refractivity contribution in [3.05, 3.63) is 69.5 Å². The lowest BCUT2D eigenvalue weighted by molar-refractivity contribution is 0.560. The second-order valence-electron chi connectivity index (χ2n) is 5.93. The van der Waals surface area contributed by atoms with Gasteiger partial charge in [0.2, 0.25) is 10.0 Å². The van der Waals surface area contributed by atoms with Gasteiger partial charge in [0.25, 0.3) is 0 Å². The molecule has 3 rings (SSSR count). The molecule has 0 unspecified atom stereocenters. The number of thiophene rings is 1. The van der Waals surface area contributed by atoms with E-state index in [1.54, 1.807) is 17.4 Å². The van der Waals surface area contributed by atoms with Gasteiger partial charge in [0, 0.05) is 23.2 Å². The van der Waals surface area contributed by atoms with Crippen molar-refractivity contribution in [2.45, 2.75) is 20.4 Å². The SMILES string of the molecule is Cc1nn(CCNS(=O)(=O)/C=C/c2ccccc2)c(C)c1-c1ccsc1. The van der Waals surface area contributed by atoms with Crippen LogP contribution in [-0.4, -0.2) is 24.7 Å². The lowest BCUT2D eigenvalue weighted by Gasteiger charge is -2.06. The zero-order valence-electron chi connectivity index (χ0n) is 14.7. The molecular formula is C19H21N3O2S2. The summed E-state index contributed by atoms with van der Waals surface area (Å²) in [4.78, 5) is 0. The molecule has 1 aromatic carbocycles. The molecule has 5 nitrogen and oxygen atoms in total. The predicted octanol–water partition coefficient (Wildman–Crippen LogP) is 3.82. The van der Waals surface area contributed by atoms with Gasteiger partial charge in [-0.25, -0.2) is 13.1 Å². The van der Waals surface area contributed by atoms with Gasteiger partial charge < -0.3 is 0 Å². The van der Waals surface area contributed by atoms with Crippen LogP contribution >= 0.6 is 11.3 Å². The first-order valence-corrected chi connectivity index (χ1v) is 10.7. The summed E-state index contributed by atoms with van der Waals surface area (Å²) in [6, 6.07) is 11.4. The van der Waals surface area contributed by atoms with Crippen molar-refractivity contribution >= 4 is 27.4 Å². The fraction of sp³-hybridized carbons (Fsp3) is 0.211. The Hall–Kier alpha value is -2.22. The van der Waals surface area contributed by atoms with Crippen molar-refractivity contribution in [1.29, 1.82) is 0 Å². The van der Waals surface area contributed by atoms with Crippen LogP contribution in [-0.2, 0) is 16.6 Å². The Morgan fingerprint density at radius 2 is 1.96 bits per heavy atom. The van der Waals surface area contributed by atoms with Gasteiger partial charge in [-0.2, -0.15) is 16.4 Å². The summed E-state index contributed by atoms with van der Waals surface area (Å²) in [5, 5.41) is 9.88. The smallest absolute Gasteiger partial charge is 0.233 e. The number of nitrogens with one attached hydrogen (secondary N) is 1. The van der Waals surface area contributed by atoms with Crippen molar-refractivity contribution in [3.63, 3.8) is 0 Å². The molecule has 0 saturated heterocycles.